The Morgan fingerprint density at radius 2 is 2.70 bits per heavy atom. The van der Waals surface area contributed by atoms with Gasteiger partial charge in [0.1, 0.15) is 0 Å². The molecule has 0 radical (unpaired) electrons. The van der Waals surface area contributed by atoms with Crippen LogP contribution >= 0.6 is 0 Å². The summed E-state index contributed by atoms with van der Waals surface area (Å²) in [7, 11) is 1.36. The first-order valence-corrected chi connectivity index (χ1v) is 2.87. The number of nitrogens with zero attached hydrogens (tertiary/aromatic N) is 1. The van der Waals surface area contributed by atoms with E-state index in [0.717, 1.165) is 5.56 Å². The quantitative estimate of drug-likeness (QED) is 0.594. The van der Waals surface area contributed by atoms with Gasteiger partial charge in [-0.1, -0.05) is 0 Å². The molecule has 1 N–H and O–H groups in total. The van der Waals surface area contributed by atoms with Gasteiger partial charge in [0.2, 0.25) is 0 Å². The minimum Gasteiger partial charge on any atom is -0.469 e. The fourth-order valence-electron chi connectivity index (χ4n) is 0.613. The normalized spacial score (nSPS) is 9.30. The van der Waals surface area contributed by atoms with E-state index in [4.69, 9.17) is 0 Å². The smallest absolute Gasteiger partial charge is 0.310 e. The molecule has 54 valence electrons. The Balaban J connectivity index is 2.48. The van der Waals surface area contributed by atoms with E-state index >= 15 is 0 Å². The number of hydrogen-bond donors (Lipinski definition) is 1. The number of methoxy groups -OCH3 is 1. The lowest BCUT2D eigenvalue weighted by Crippen LogP contribution is -2.03. The molecule has 0 saturated heterocycles. The molecule has 0 amide bonds. The van der Waals surface area contributed by atoms with Crippen LogP contribution in [0.2, 0.25) is 0 Å². The lowest BCUT2D eigenvalue weighted by atomic mass is 10.3. The molecule has 0 bridgehead atoms. The van der Waals surface area contributed by atoms with Crippen LogP contribution in [0, 0.1) is 0 Å². The highest BCUT2D eigenvalue weighted by Crippen LogP contribution is 1.95. The molecule has 0 aromatic carbocycles. The van der Waals surface area contributed by atoms with Crippen molar-refractivity contribution in [1.82, 2.24) is 10.2 Å². The number of esters is 1. The predicted octanol–water partition coefficient (Wildman–Crippen LogP) is 0.125. The lowest BCUT2D eigenvalue weighted by Gasteiger charge is -1.92. The van der Waals surface area contributed by atoms with Crippen LogP contribution in [0.25, 0.3) is 0 Å². The van der Waals surface area contributed by atoms with Crippen molar-refractivity contribution in [3.8, 4) is 0 Å². The van der Waals surface area contributed by atoms with Crippen molar-refractivity contribution in [2.45, 2.75) is 6.42 Å². The molecule has 1 aromatic rings. The second-order valence-corrected chi connectivity index (χ2v) is 1.86. The Labute approximate surface area is 58.2 Å². The number of carbonyl (C=O) groups excluding carboxylic acids is 1. The second-order valence-electron chi connectivity index (χ2n) is 1.86. The SMILES string of the molecule is COC(=O)Cc1cn[nH]c1. The maximum absolute atomic E-state index is 10.6. The summed E-state index contributed by atoms with van der Waals surface area (Å²) in [6, 6.07) is 0. The molecular weight excluding hydrogens is 132 g/mol. The van der Waals surface area contributed by atoms with Crippen LogP contribution in [0.15, 0.2) is 12.4 Å². The standard InChI is InChI=1S/C6H8N2O2/c1-10-6(9)2-5-3-7-8-4-5/h3-4H,2H2,1H3,(H,7,8). The van der Waals surface area contributed by atoms with E-state index < -0.39 is 0 Å². The molecule has 10 heavy (non-hydrogen) atoms. The van der Waals surface area contributed by atoms with Gasteiger partial charge in [-0.25, -0.2) is 0 Å². The van der Waals surface area contributed by atoms with Gasteiger partial charge >= 0.3 is 5.97 Å². The van der Waals surface area contributed by atoms with Crippen molar-refractivity contribution in [3.05, 3.63) is 18.0 Å². The summed E-state index contributed by atoms with van der Waals surface area (Å²) < 4.78 is 4.44. The third-order valence-electron chi connectivity index (χ3n) is 1.13. The summed E-state index contributed by atoms with van der Waals surface area (Å²) in [5.74, 6) is -0.249. The fourth-order valence-corrected chi connectivity index (χ4v) is 0.613. The molecule has 0 saturated carbocycles. The summed E-state index contributed by atoms with van der Waals surface area (Å²) in [6.07, 6.45) is 3.54. The third-order valence-corrected chi connectivity index (χ3v) is 1.13. The first-order valence-electron chi connectivity index (χ1n) is 2.87. The van der Waals surface area contributed by atoms with Crippen LogP contribution in [0.3, 0.4) is 0 Å². The van der Waals surface area contributed by atoms with Gasteiger partial charge in [-0.2, -0.15) is 5.10 Å². The average Bonchev–Trinajstić information content (AvgIpc) is 2.40. The maximum Gasteiger partial charge on any atom is 0.310 e. The molecule has 4 nitrogen and oxygen atoms in total. The second kappa shape index (κ2) is 3.00. The van der Waals surface area contributed by atoms with Gasteiger partial charge in [-0.05, 0) is 0 Å². The molecule has 0 aliphatic rings. The number of ether oxygens (including phenoxy) is 1. The van der Waals surface area contributed by atoms with E-state index in [9.17, 15) is 4.79 Å². The Hall–Kier alpha value is -1.32. The van der Waals surface area contributed by atoms with Crippen molar-refractivity contribution in [2.75, 3.05) is 7.11 Å². The average molecular weight is 140 g/mol. The van der Waals surface area contributed by atoms with E-state index in [1.807, 2.05) is 0 Å². The van der Waals surface area contributed by atoms with Gasteiger partial charge in [-0.15, -0.1) is 0 Å². The van der Waals surface area contributed by atoms with E-state index in [2.05, 4.69) is 14.9 Å². The van der Waals surface area contributed by atoms with E-state index in [-0.39, 0.29) is 12.4 Å². The zero-order valence-electron chi connectivity index (χ0n) is 5.63. The number of hydrogen-bond acceptors (Lipinski definition) is 3. The highest BCUT2D eigenvalue weighted by Gasteiger charge is 2.01. The Kier molecular flexibility index (Phi) is 2.04. The molecular formula is C6H8N2O2. The molecule has 0 aliphatic carbocycles. The Bertz CT molecular complexity index is 206. The Morgan fingerprint density at radius 1 is 1.90 bits per heavy atom. The molecule has 1 heterocycles. The number of nitrogens with one attached hydrogen (secondary N) is 1. The van der Waals surface area contributed by atoms with Gasteiger partial charge in [-0.3, -0.25) is 9.89 Å². The predicted molar refractivity (Wildman–Crippen MR) is 34.3 cm³/mol. The van der Waals surface area contributed by atoms with Gasteiger partial charge in [0.15, 0.2) is 0 Å². The minimum absolute atomic E-state index is 0.249. The first-order chi connectivity index (χ1) is 4.83. The number of H-pyrrole nitrogens is 1. The topological polar surface area (TPSA) is 55.0 Å². The zero-order valence-corrected chi connectivity index (χ0v) is 5.63. The molecule has 0 aliphatic heterocycles. The highest BCUT2D eigenvalue weighted by molar-refractivity contribution is 5.72. The summed E-state index contributed by atoms with van der Waals surface area (Å²) >= 11 is 0. The van der Waals surface area contributed by atoms with Crippen LogP contribution < -0.4 is 0 Å². The Morgan fingerprint density at radius 3 is 3.20 bits per heavy atom. The van der Waals surface area contributed by atoms with Crippen molar-refractivity contribution in [3.63, 3.8) is 0 Å². The summed E-state index contributed by atoms with van der Waals surface area (Å²) in [5.41, 5.74) is 0.840. The zero-order chi connectivity index (χ0) is 7.40. The number of rotatable bonds is 2. The van der Waals surface area contributed by atoms with Crippen molar-refractivity contribution in [1.29, 1.82) is 0 Å². The maximum atomic E-state index is 10.6. The van der Waals surface area contributed by atoms with Crippen LogP contribution in [-0.2, 0) is 16.0 Å². The number of aromatic nitrogens is 2. The molecule has 0 atom stereocenters. The first kappa shape index (κ1) is 6.80. The number of carbonyl (C=O) groups is 1. The van der Waals surface area contributed by atoms with Crippen molar-refractivity contribution >= 4 is 5.97 Å². The monoisotopic (exact) mass is 140 g/mol. The van der Waals surface area contributed by atoms with Gasteiger partial charge in [0, 0.05) is 11.8 Å². The molecule has 1 aromatic heterocycles. The van der Waals surface area contributed by atoms with Crippen LogP contribution in [-0.4, -0.2) is 23.3 Å². The third kappa shape index (κ3) is 1.58. The molecule has 0 fully saturated rings. The van der Waals surface area contributed by atoms with Crippen LogP contribution in [0.4, 0.5) is 0 Å². The van der Waals surface area contributed by atoms with Gasteiger partial charge in [0.05, 0.1) is 19.7 Å². The minimum atomic E-state index is -0.249. The van der Waals surface area contributed by atoms with E-state index in [0.29, 0.717) is 0 Å². The molecule has 1 rings (SSSR count). The van der Waals surface area contributed by atoms with Crippen molar-refractivity contribution < 1.29 is 9.53 Å². The van der Waals surface area contributed by atoms with Gasteiger partial charge in [0.25, 0.3) is 0 Å². The van der Waals surface area contributed by atoms with Crippen molar-refractivity contribution in [2.24, 2.45) is 0 Å². The van der Waals surface area contributed by atoms with Gasteiger partial charge < -0.3 is 4.74 Å². The molecule has 4 heteroatoms. The molecule has 0 spiro atoms. The highest BCUT2D eigenvalue weighted by atomic mass is 16.5. The van der Waals surface area contributed by atoms with E-state index in [1.54, 1.807) is 12.4 Å². The van der Waals surface area contributed by atoms with Crippen LogP contribution in [0.1, 0.15) is 5.56 Å². The van der Waals surface area contributed by atoms with Crippen LogP contribution in [0.5, 0.6) is 0 Å². The number of aromatic amines is 1. The summed E-state index contributed by atoms with van der Waals surface area (Å²) in [4.78, 5) is 10.6. The largest absolute Gasteiger partial charge is 0.469 e. The molecule has 0 unspecified atom stereocenters. The summed E-state index contributed by atoms with van der Waals surface area (Å²) in [5, 5.41) is 6.28. The summed E-state index contributed by atoms with van der Waals surface area (Å²) in [6.45, 7) is 0. The lowest BCUT2D eigenvalue weighted by molar-refractivity contribution is -0.139. The van der Waals surface area contributed by atoms with E-state index in [1.165, 1.54) is 7.11 Å². The fraction of sp³-hybridized carbons (Fsp3) is 0.333.